The van der Waals surface area contributed by atoms with Crippen LogP contribution in [0, 0.1) is 5.82 Å². The second-order valence-electron chi connectivity index (χ2n) is 6.07. The SMILES string of the molecule is CC(=O)N1CC(C)(NC(=O)c2cc3ccccc3cc2F)C1. The normalized spacial score (nSPS) is 16.2. The van der Waals surface area contributed by atoms with E-state index in [-0.39, 0.29) is 11.5 Å². The van der Waals surface area contributed by atoms with E-state index in [9.17, 15) is 14.0 Å². The third-order valence-corrected chi connectivity index (χ3v) is 4.02. The molecule has 0 spiro atoms. The fraction of sp³-hybridized carbons (Fsp3) is 0.294. The molecular formula is C17H17FN2O2. The maximum Gasteiger partial charge on any atom is 0.254 e. The van der Waals surface area contributed by atoms with Gasteiger partial charge in [-0.2, -0.15) is 0 Å². The molecule has 2 amide bonds. The number of halogens is 1. The third-order valence-electron chi connectivity index (χ3n) is 4.02. The minimum atomic E-state index is -0.539. The molecule has 1 saturated heterocycles. The molecule has 1 fully saturated rings. The Balaban J connectivity index is 1.81. The van der Waals surface area contributed by atoms with E-state index >= 15 is 0 Å². The number of carbonyl (C=O) groups is 2. The van der Waals surface area contributed by atoms with Crippen molar-refractivity contribution < 1.29 is 14.0 Å². The van der Waals surface area contributed by atoms with Crippen LogP contribution < -0.4 is 5.32 Å². The summed E-state index contributed by atoms with van der Waals surface area (Å²) in [5.41, 5.74) is -0.470. The number of nitrogens with one attached hydrogen (secondary N) is 1. The quantitative estimate of drug-likeness (QED) is 0.925. The minimum absolute atomic E-state index is 0.0244. The van der Waals surface area contributed by atoms with Crippen LogP contribution in [-0.2, 0) is 4.79 Å². The van der Waals surface area contributed by atoms with Crippen LogP contribution in [0.2, 0.25) is 0 Å². The second kappa shape index (κ2) is 5.09. The first-order valence-electron chi connectivity index (χ1n) is 7.14. The van der Waals surface area contributed by atoms with Crippen LogP contribution >= 0.6 is 0 Å². The third kappa shape index (κ3) is 2.54. The average Bonchev–Trinajstić information content (AvgIpc) is 2.43. The highest BCUT2D eigenvalue weighted by molar-refractivity contribution is 5.99. The predicted octanol–water partition coefficient (Wildman–Crippen LogP) is 2.33. The lowest BCUT2D eigenvalue weighted by Crippen LogP contribution is -2.69. The van der Waals surface area contributed by atoms with E-state index in [0.29, 0.717) is 13.1 Å². The highest BCUT2D eigenvalue weighted by Gasteiger charge is 2.41. The first-order chi connectivity index (χ1) is 10.4. The number of amides is 2. The maximum atomic E-state index is 14.1. The zero-order valence-corrected chi connectivity index (χ0v) is 12.5. The predicted molar refractivity (Wildman–Crippen MR) is 82.0 cm³/mol. The Morgan fingerprint density at radius 1 is 1.18 bits per heavy atom. The van der Waals surface area contributed by atoms with E-state index in [1.54, 1.807) is 17.0 Å². The Morgan fingerprint density at radius 2 is 1.77 bits per heavy atom. The van der Waals surface area contributed by atoms with Gasteiger partial charge in [-0.15, -0.1) is 0 Å². The van der Waals surface area contributed by atoms with Crippen molar-refractivity contribution in [2.75, 3.05) is 13.1 Å². The van der Waals surface area contributed by atoms with Crippen molar-refractivity contribution in [1.29, 1.82) is 0 Å². The first-order valence-corrected chi connectivity index (χ1v) is 7.14. The molecule has 0 bridgehead atoms. The zero-order valence-electron chi connectivity index (χ0n) is 12.5. The van der Waals surface area contributed by atoms with Gasteiger partial charge in [0.1, 0.15) is 5.82 Å². The maximum absolute atomic E-state index is 14.1. The summed E-state index contributed by atoms with van der Waals surface area (Å²) in [6.45, 7) is 4.24. The molecule has 4 nitrogen and oxygen atoms in total. The van der Waals surface area contributed by atoms with Crippen molar-refractivity contribution in [1.82, 2.24) is 10.2 Å². The lowest BCUT2D eigenvalue weighted by molar-refractivity contribution is -0.136. The van der Waals surface area contributed by atoms with E-state index < -0.39 is 17.3 Å². The Bertz CT molecular complexity index is 766. The van der Waals surface area contributed by atoms with E-state index in [2.05, 4.69) is 5.32 Å². The van der Waals surface area contributed by atoms with Crippen LogP contribution in [0.4, 0.5) is 4.39 Å². The molecule has 2 aromatic rings. The summed E-state index contributed by atoms with van der Waals surface area (Å²) in [7, 11) is 0. The summed E-state index contributed by atoms with van der Waals surface area (Å²) in [6.07, 6.45) is 0. The summed E-state index contributed by atoms with van der Waals surface area (Å²) in [5.74, 6) is -1.01. The van der Waals surface area contributed by atoms with Crippen LogP contribution in [0.25, 0.3) is 10.8 Å². The summed E-state index contributed by atoms with van der Waals surface area (Å²) >= 11 is 0. The molecule has 3 rings (SSSR count). The molecule has 5 heteroatoms. The molecule has 0 radical (unpaired) electrons. The van der Waals surface area contributed by atoms with Crippen LogP contribution in [0.15, 0.2) is 36.4 Å². The van der Waals surface area contributed by atoms with Gasteiger partial charge in [0.25, 0.3) is 5.91 Å². The zero-order chi connectivity index (χ0) is 15.9. The standard InChI is InChI=1S/C17H17FN2O2/c1-11(21)20-9-17(2,10-20)19-16(22)14-7-12-5-3-4-6-13(12)8-15(14)18/h3-8H,9-10H2,1-2H3,(H,19,22). The molecule has 1 heterocycles. The Hall–Kier alpha value is -2.43. The smallest absolute Gasteiger partial charge is 0.254 e. The highest BCUT2D eigenvalue weighted by atomic mass is 19.1. The summed E-state index contributed by atoms with van der Waals surface area (Å²) in [4.78, 5) is 25.2. The molecule has 1 aliphatic rings. The Kier molecular flexibility index (Phi) is 3.35. The topological polar surface area (TPSA) is 49.4 Å². The molecule has 0 atom stereocenters. The molecule has 1 N–H and O–H groups in total. The Labute approximate surface area is 127 Å². The Morgan fingerprint density at radius 3 is 2.36 bits per heavy atom. The fourth-order valence-electron chi connectivity index (χ4n) is 2.83. The molecule has 114 valence electrons. The van der Waals surface area contributed by atoms with Crippen LogP contribution in [0.5, 0.6) is 0 Å². The van der Waals surface area contributed by atoms with E-state index in [0.717, 1.165) is 10.8 Å². The monoisotopic (exact) mass is 300 g/mol. The first kappa shape index (κ1) is 14.5. The van der Waals surface area contributed by atoms with Crippen molar-refractivity contribution in [3.05, 3.63) is 47.8 Å². The molecule has 0 aliphatic carbocycles. The van der Waals surface area contributed by atoms with E-state index in [1.807, 2.05) is 25.1 Å². The number of benzene rings is 2. The van der Waals surface area contributed by atoms with Gasteiger partial charge in [0.05, 0.1) is 11.1 Å². The minimum Gasteiger partial charge on any atom is -0.343 e. The number of rotatable bonds is 2. The second-order valence-corrected chi connectivity index (χ2v) is 6.07. The molecule has 1 aliphatic heterocycles. The number of nitrogens with zero attached hydrogens (tertiary/aromatic N) is 1. The fourth-order valence-corrected chi connectivity index (χ4v) is 2.83. The molecule has 0 saturated carbocycles. The van der Waals surface area contributed by atoms with Crippen molar-refractivity contribution in [3.8, 4) is 0 Å². The summed E-state index contributed by atoms with van der Waals surface area (Å²) < 4.78 is 14.1. The highest BCUT2D eigenvalue weighted by Crippen LogP contribution is 2.23. The molecule has 2 aromatic carbocycles. The van der Waals surface area contributed by atoms with Gasteiger partial charge in [-0.1, -0.05) is 24.3 Å². The van der Waals surface area contributed by atoms with Gasteiger partial charge < -0.3 is 10.2 Å². The van der Waals surface area contributed by atoms with E-state index in [1.165, 1.54) is 13.0 Å². The van der Waals surface area contributed by atoms with Gasteiger partial charge in [0, 0.05) is 20.0 Å². The lowest BCUT2D eigenvalue weighted by atomic mass is 9.91. The molecule has 0 unspecified atom stereocenters. The molecular weight excluding hydrogens is 283 g/mol. The average molecular weight is 300 g/mol. The van der Waals surface area contributed by atoms with Crippen molar-refractivity contribution in [2.24, 2.45) is 0 Å². The number of carbonyl (C=O) groups excluding carboxylic acids is 2. The van der Waals surface area contributed by atoms with Crippen molar-refractivity contribution in [2.45, 2.75) is 19.4 Å². The van der Waals surface area contributed by atoms with Gasteiger partial charge in [0.2, 0.25) is 5.91 Å². The van der Waals surface area contributed by atoms with Crippen LogP contribution in [-0.4, -0.2) is 35.3 Å². The van der Waals surface area contributed by atoms with Crippen LogP contribution in [0.1, 0.15) is 24.2 Å². The number of likely N-dealkylation sites (tertiary alicyclic amines) is 1. The van der Waals surface area contributed by atoms with Gasteiger partial charge in [-0.05, 0) is 29.8 Å². The van der Waals surface area contributed by atoms with Crippen molar-refractivity contribution in [3.63, 3.8) is 0 Å². The van der Waals surface area contributed by atoms with Gasteiger partial charge in [-0.25, -0.2) is 4.39 Å². The van der Waals surface area contributed by atoms with Gasteiger partial charge in [-0.3, -0.25) is 9.59 Å². The molecule has 0 aromatic heterocycles. The number of hydrogen-bond acceptors (Lipinski definition) is 2. The molecule has 22 heavy (non-hydrogen) atoms. The van der Waals surface area contributed by atoms with Gasteiger partial charge >= 0.3 is 0 Å². The van der Waals surface area contributed by atoms with E-state index in [4.69, 9.17) is 0 Å². The van der Waals surface area contributed by atoms with Crippen molar-refractivity contribution >= 4 is 22.6 Å². The number of fused-ring (bicyclic) bond motifs is 1. The summed E-state index contributed by atoms with van der Waals surface area (Å²) in [5, 5.41) is 4.40. The number of hydrogen-bond donors (Lipinski definition) is 1. The largest absolute Gasteiger partial charge is 0.343 e. The van der Waals surface area contributed by atoms with Crippen LogP contribution in [0.3, 0.4) is 0 Å². The van der Waals surface area contributed by atoms with Gasteiger partial charge in [0.15, 0.2) is 0 Å². The lowest BCUT2D eigenvalue weighted by Gasteiger charge is -2.47. The summed E-state index contributed by atoms with van der Waals surface area (Å²) in [6, 6.07) is 10.2.